The summed E-state index contributed by atoms with van der Waals surface area (Å²) in [6.07, 6.45) is 2.70. The van der Waals surface area contributed by atoms with Crippen molar-refractivity contribution < 1.29 is 4.39 Å². The fraction of sp³-hybridized carbons (Fsp3) is 0.242. The number of likely N-dealkylation sites (N-methyl/N-ethyl adjacent to an activating group) is 1. The van der Waals surface area contributed by atoms with E-state index >= 15 is 0 Å². The van der Waals surface area contributed by atoms with Crippen LogP contribution in [0.15, 0.2) is 83.8 Å². The smallest absolute Gasteiger partial charge is 0.260 e. The van der Waals surface area contributed by atoms with Crippen LogP contribution in [0.25, 0.3) is 33.3 Å². The summed E-state index contributed by atoms with van der Waals surface area (Å²) >= 11 is 6.65. The molecule has 0 unspecified atom stereocenters. The minimum atomic E-state index is -0.330. The van der Waals surface area contributed by atoms with Crippen LogP contribution in [0.2, 0.25) is 5.02 Å². The first-order valence-electron chi connectivity index (χ1n) is 14.0. The zero-order chi connectivity index (χ0) is 28.9. The maximum atomic E-state index is 14.3. The highest BCUT2D eigenvalue weighted by molar-refractivity contribution is 6.33. The van der Waals surface area contributed by atoms with Crippen LogP contribution in [-0.2, 0) is 13.0 Å². The Morgan fingerprint density at radius 1 is 0.927 bits per heavy atom. The molecule has 0 radical (unpaired) electrons. The minimum absolute atomic E-state index is 0.206. The highest BCUT2D eigenvalue weighted by atomic mass is 35.5. The van der Waals surface area contributed by atoms with Gasteiger partial charge < -0.3 is 10.2 Å². The Kier molecular flexibility index (Phi) is 8.76. The van der Waals surface area contributed by atoms with Gasteiger partial charge in [-0.15, -0.1) is 0 Å². The molecule has 0 amide bonds. The van der Waals surface area contributed by atoms with Gasteiger partial charge in [0.15, 0.2) is 0 Å². The summed E-state index contributed by atoms with van der Waals surface area (Å²) in [5, 5.41) is 4.34. The van der Waals surface area contributed by atoms with E-state index in [1.165, 1.54) is 11.6 Å². The summed E-state index contributed by atoms with van der Waals surface area (Å²) in [4.78, 5) is 25.2. The number of hydrogen-bond donors (Lipinski definition) is 1. The number of nitrogens with zero attached hydrogens (tertiary/aromatic N) is 4. The van der Waals surface area contributed by atoms with Crippen LogP contribution >= 0.6 is 11.6 Å². The zero-order valence-electron chi connectivity index (χ0n) is 23.5. The van der Waals surface area contributed by atoms with E-state index in [0.717, 1.165) is 31.7 Å². The third kappa shape index (κ3) is 6.16. The largest absolute Gasteiger partial charge is 0.324 e. The van der Waals surface area contributed by atoms with Crippen molar-refractivity contribution >= 4 is 34.3 Å². The fourth-order valence-corrected chi connectivity index (χ4v) is 5.30. The summed E-state index contributed by atoms with van der Waals surface area (Å²) in [7, 11) is 0. The fourth-order valence-electron chi connectivity index (χ4n) is 5.01. The van der Waals surface area contributed by atoms with E-state index in [-0.39, 0.29) is 11.4 Å². The second-order valence-electron chi connectivity index (χ2n) is 9.85. The molecule has 0 atom stereocenters. The predicted octanol–water partition coefficient (Wildman–Crippen LogP) is 7.57. The van der Waals surface area contributed by atoms with E-state index in [4.69, 9.17) is 11.6 Å². The Morgan fingerprint density at radius 2 is 1.68 bits per heavy atom. The van der Waals surface area contributed by atoms with Crippen molar-refractivity contribution in [2.45, 2.75) is 33.7 Å². The molecule has 5 rings (SSSR count). The van der Waals surface area contributed by atoms with Gasteiger partial charge in [0.25, 0.3) is 5.56 Å². The minimum Gasteiger partial charge on any atom is -0.324 e. The quantitative estimate of drug-likeness (QED) is 0.188. The molecule has 6 nitrogen and oxygen atoms in total. The monoisotopic (exact) mass is 569 g/mol. The Balaban J connectivity index is 1.42. The van der Waals surface area contributed by atoms with Crippen LogP contribution < -0.4 is 10.9 Å². The topological polar surface area (TPSA) is 63.1 Å². The van der Waals surface area contributed by atoms with Gasteiger partial charge in [-0.05, 0) is 67.9 Å². The molecule has 3 aromatic carbocycles. The number of anilines is 2. The molecule has 210 valence electrons. The Hall–Kier alpha value is -4.07. The average molecular weight is 570 g/mol. The summed E-state index contributed by atoms with van der Waals surface area (Å²) < 4.78 is 15.9. The number of pyridine rings is 1. The number of aryl methyl sites for hydroxylation is 1. The summed E-state index contributed by atoms with van der Waals surface area (Å²) in [6.45, 7) is 9.82. The van der Waals surface area contributed by atoms with Gasteiger partial charge in [-0.1, -0.05) is 67.9 Å². The third-order valence-electron chi connectivity index (χ3n) is 7.41. The van der Waals surface area contributed by atoms with Gasteiger partial charge in [0.05, 0.1) is 0 Å². The summed E-state index contributed by atoms with van der Waals surface area (Å²) in [5.41, 5.74) is 4.58. The van der Waals surface area contributed by atoms with Gasteiger partial charge in [0, 0.05) is 52.1 Å². The molecule has 2 heterocycles. The molecule has 8 heteroatoms. The van der Waals surface area contributed by atoms with Crippen LogP contribution in [-0.4, -0.2) is 39.1 Å². The molecule has 0 bridgehead atoms. The van der Waals surface area contributed by atoms with Gasteiger partial charge in [-0.2, -0.15) is 4.98 Å². The average Bonchev–Trinajstić information content (AvgIpc) is 2.99. The van der Waals surface area contributed by atoms with E-state index in [1.54, 1.807) is 53.2 Å². The van der Waals surface area contributed by atoms with Gasteiger partial charge >= 0.3 is 0 Å². The molecule has 0 fully saturated rings. The molecule has 1 N–H and O–H groups in total. The van der Waals surface area contributed by atoms with E-state index in [2.05, 4.69) is 46.2 Å². The van der Waals surface area contributed by atoms with Crippen molar-refractivity contribution in [2.75, 3.05) is 25.0 Å². The van der Waals surface area contributed by atoms with Crippen molar-refractivity contribution in [3.63, 3.8) is 0 Å². The molecule has 41 heavy (non-hydrogen) atoms. The Labute approximate surface area is 244 Å². The van der Waals surface area contributed by atoms with Gasteiger partial charge in [0.2, 0.25) is 5.95 Å². The lowest BCUT2D eigenvalue weighted by molar-refractivity contribution is 0.308. The highest BCUT2D eigenvalue weighted by Gasteiger charge is 2.16. The van der Waals surface area contributed by atoms with Gasteiger partial charge in [-0.25, -0.2) is 9.37 Å². The predicted molar refractivity (Wildman–Crippen MR) is 167 cm³/mol. The molecule has 0 spiro atoms. The van der Waals surface area contributed by atoms with Crippen molar-refractivity contribution in [1.29, 1.82) is 0 Å². The van der Waals surface area contributed by atoms with Gasteiger partial charge in [-0.3, -0.25) is 9.36 Å². The van der Waals surface area contributed by atoms with E-state index in [1.807, 2.05) is 19.1 Å². The Morgan fingerprint density at radius 3 is 2.37 bits per heavy atom. The highest BCUT2D eigenvalue weighted by Crippen LogP contribution is 2.33. The lowest BCUT2D eigenvalue weighted by Crippen LogP contribution is -2.25. The standard InChI is InChI=1S/C33H33ClFN5O/c1-4-39(5-2)18-17-22-11-14-25(15-12-22)37-33-36-21-24-19-28(32(41)40(6-3)31(24)38-33)27-16-13-23(20-29(27)34)26-9-7-8-10-30(26)35/h7-16,19-21H,4-6,17-18H2,1-3H3,(H,36,37,38). The number of nitrogens with one attached hydrogen (secondary N) is 1. The summed E-state index contributed by atoms with van der Waals surface area (Å²) in [5.74, 6) is 0.0816. The number of halogens is 2. The molecule has 0 aliphatic carbocycles. The third-order valence-corrected chi connectivity index (χ3v) is 7.72. The van der Waals surface area contributed by atoms with Crippen LogP contribution in [0.5, 0.6) is 0 Å². The first-order chi connectivity index (χ1) is 19.9. The van der Waals surface area contributed by atoms with E-state index in [9.17, 15) is 9.18 Å². The normalized spacial score (nSPS) is 11.4. The molecule has 0 aliphatic rings. The number of aromatic nitrogens is 3. The molecule has 5 aromatic rings. The number of benzene rings is 3. The van der Waals surface area contributed by atoms with E-state index < -0.39 is 0 Å². The van der Waals surface area contributed by atoms with Crippen molar-refractivity contribution in [1.82, 2.24) is 19.4 Å². The first kappa shape index (κ1) is 28.5. The first-order valence-corrected chi connectivity index (χ1v) is 14.3. The zero-order valence-corrected chi connectivity index (χ0v) is 24.3. The van der Waals surface area contributed by atoms with Gasteiger partial charge in [0.1, 0.15) is 11.5 Å². The van der Waals surface area contributed by atoms with Crippen LogP contribution in [0, 0.1) is 5.82 Å². The molecular weight excluding hydrogens is 537 g/mol. The second kappa shape index (κ2) is 12.6. The maximum Gasteiger partial charge on any atom is 0.260 e. The van der Waals surface area contributed by atoms with Crippen LogP contribution in [0.3, 0.4) is 0 Å². The summed E-state index contributed by atoms with van der Waals surface area (Å²) in [6, 6.07) is 21.8. The number of hydrogen-bond acceptors (Lipinski definition) is 5. The molecule has 0 saturated heterocycles. The lowest BCUT2D eigenvalue weighted by atomic mass is 10.00. The SMILES string of the molecule is CCN(CC)CCc1ccc(Nc2ncc3cc(-c4ccc(-c5ccccc5F)cc4Cl)c(=O)n(CC)c3n2)cc1. The van der Waals surface area contributed by atoms with Crippen LogP contribution in [0.1, 0.15) is 26.3 Å². The van der Waals surface area contributed by atoms with E-state index in [0.29, 0.717) is 50.8 Å². The second-order valence-corrected chi connectivity index (χ2v) is 10.3. The molecule has 0 saturated carbocycles. The van der Waals surface area contributed by atoms with Crippen LogP contribution in [0.4, 0.5) is 16.0 Å². The van der Waals surface area contributed by atoms with Crippen molar-refractivity contribution in [2.24, 2.45) is 0 Å². The maximum absolute atomic E-state index is 14.3. The number of fused-ring (bicyclic) bond motifs is 1. The van der Waals surface area contributed by atoms with Crippen molar-refractivity contribution in [3.05, 3.63) is 106 Å². The molecule has 2 aromatic heterocycles. The van der Waals surface area contributed by atoms with Crippen molar-refractivity contribution in [3.8, 4) is 22.3 Å². The lowest BCUT2D eigenvalue weighted by Gasteiger charge is -2.17. The molecular formula is C33H33ClFN5O. The number of rotatable bonds is 10. The Bertz CT molecular complexity index is 1730. The molecule has 0 aliphatic heterocycles.